The number of carboxylic acid groups (broad SMARTS) is 2. The van der Waals surface area contributed by atoms with Crippen molar-refractivity contribution in [2.75, 3.05) is 12.8 Å². The normalized spacial score (nSPS) is 11.5. The third-order valence-corrected chi connectivity index (χ3v) is 3.14. The van der Waals surface area contributed by atoms with E-state index in [4.69, 9.17) is 32.3 Å². The summed E-state index contributed by atoms with van der Waals surface area (Å²) in [6.07, 6.45) is -0.641. The van der Waals surface area contributed by atoms with Gasteiger partial charge in [-0.25, -0.2) is 4.79 Å². The van der Waals surface area contributed by atoms with Gasteiger partial charge in [0, 0.05) is 12.5 Å². The molecule has 1 amide bonds. The molecule has 0 aromatic heterocycles. The SMILES string of the molecule is COc1cc(N)c(Cl)cc1C(=O)NC(CCC(=O)O)C(=O)O. The number of aliphatic carboxylic acids is 2. The Bertz CT molecular complexity index is 604. The number of carbonyl (C=O) groups is 3. The smallest absolute Gasteiger partial charge is 0.326 e. The number of carbonyl (C=O) groups excluding carboxylic acids is 1. The second-order valence-electron chi connectivity index (χ2n) is 4.37. The van der Waals surface area contributed by atoms with Gasteiger partial charge in [0.05, 0.1) is 23.4 Å². The van der Waals surface area contributed by atoms with Crippen LogP contribution in [0.4, 0.5) is 5.69 Å². The Morgan fingerprint density at radius 3 is 2.50 bits per heavy atom. The van der Waals surface area contributed by atoms with E-state index in [1.165, 1.54) is 19.2 Å². The molecule has 1 aromatic rings. The summed E-state index contributed by atoms with van der Waals surface area (Å²) >= 11 is 5.83. The molecule has 120 valence electrons. The van der Waals surface area contributed by atoms with Crippen LogP contribution in [0.2, 0.25) is 5.02 Å². The highest BCUT2D eigenvalue weighted by Gasteiger charge is 2.23. The molecule has 1 atom stereocenters. The molecule has 0 radical (unpaired) electrons. The van der Waals surface area contributed by atoms with Crippen molar-refractivity contribution in [3.05, 3.63) is 22.7 Å². The molecule has 0 aliphatic carbocycles. The van der Waals surface area contributed by atoms with Crippen LogP contribution in [-0.4, -0.2) is 41.2 Å². The van der Waals surface area contributed by atoms with E-state index in [1.54, 1.807) is 0 Å². The molecule has 0 heterocycles. The maximum absolute atomic E-state index is 12.1. The minimum atomic E-state index is -1.34. The molecule has 0 bridgehead atoms. The number of nitrogens with two attached hydrogens (primary N) is 1. The van der Waals surface area contributed by atoms with E-state index in [9.17, 15) is 14.4 Å². The zero-order valence-corrected chi connectivity index (χ0v) is 12.4. The van der Waals surface area contributed by atoms with Gasteiger partial charge in [-0.1, -0.05) is 11.6 Å². The van der Waals surface area contributed by atoms with Gasteiger partial charge in [0.2, 0.25) is 0 Å². The van der Waals surface area contributed by atoms with E-state index < -0.39 is 30.3 Å². The lowest BCUT2D eigenvalue weighted by Gasteiger charge is -2.15. The highest BCUT2D eigenvalue weighted by Crippen LogP contribution is 2.28. The van der Waals surface area contributed by atoms with E-state index in [0.717, 1.165) is 0 Å². The number of nitrogen functional groups attached to an aromatic ring is 1. The van der Waals surface area contributed by atoms with Gasteiger partial charge in [0.25, 0.3) is 5.91 Å². The van der Waals surface area contributed by atoms with Crippen LogP contribution in [0.5, 0.6) is 5.75 Å². The summed E-state index contributed by atoms with van der Waals surface area (Å²) < 4.78 is 5.00. The van der Waals surface area contributed by atoms with Gasteiger partial charge in [-0.05, 0) is 12.5 Å². The molecule has 1 rings (SSSR count). The summed E-state index contributed by atoms with van der Waals surface area (Å²) in [6.45, 7) is 0. The molecule has 0 aliphatic heterocycles. The summed E-state index contributed by atoms with van der Waals surface area (Å²) in [5.74, 6) is -3.12. The Morgan fingerprint density at radius 2 is 2.00 bits per heavy atom. The summed E-state index contributed by atoms with van der Waals surface area (Å²) in [5.41, 5.74) is 5.80. The van der Waals surface area contributed by atoms with E-state index in [0.29, 0.717) is 0 Å². The highest BCUT2D eigenvalue weighted by molar-refractivity contribution is 6.33. The van der Waals surface area contributed by atoms with Crippen LogP contribution < -0.4 is 15.8 Å². The van der Waals surface area contributed by atoms with Crippen LogP contribution in [0.1, 0.15) is 23.2 Å². The van der Waals surface area contributed by atoms with E-state index >= 15 is 0 Å². The number of amides is 1. The number of anilines is 1. The van der Waals surface area contributed by atoms with Crippen molar-refractivity contribution >= 4 is 35.1 Å². The molecule has 5 N–H and O–H groups in total. The first kappa shape index (κ1) is 17.6. The van der Waals surface area contributed by atoms with Gasteiger partial charge in [-0.3, -0.25) is 9.59 Å². The lowest BCUT2D eigenvalue weighted by Crippen LogP contribution is -2.41. The Labute approximate surface area is 130 Å². The van der Waals surface area contributed by atoms with Crippen molar-refractivity contribution in [3.8, 4) is 5.75 Å². The zero-order valence-electron chi connectivity index (χ0n) is 11.6. The quantitative estimate of drug-likeness (QED) is 0.546. The molecule has 0 saturated heterocycles. The van der Waals surface area contributed by atoms with Gasteiger partial charge in [0.1, 0.15) is 11.8 Å². The van der Waals surface area contributed by atoms with Crippen molar-refractivity contribution in [2.24, 2.45) is 0 Å². The van der Waals surface area contributed by atoms with E-state index in [-0.39, 0.29) is 28.4 Å². The molecule has 0 aliphatic rings. The fourth-order valence-corrected chi connectivity index (χ4v) is 1.84. The molecule has 8 nitrogen and oxygen atoms in total. The number of nitrogens with one attached hydrogen (secondary N) is 1. The third-order valence-electron chi connectivity index (χ3n) is 2.81. The van der Waals surface area contributed by atoms with Gasteiger partial charge in [-0.2, -0.15) is 0 Å². The zero-order chi connectivity index (χ0) is 16.9. The van der Waals surface area contributed by atoms with Gasteiger partial charge in [-0.15, -0.1) is 0 Å². The molecule has 1 aromatic carbocycles. The number of carboxylic acids is 2. The predicted molar refractivity (Wildman–Crippen MR) is 78.2 cm³/mol. The summed E-state index contributed by atoms with van der Waals surface area (Å²) in [5, 5.41) is 20.0. The molecule has 1 unspecified atom stereocenters. The fraction of sp³-hybridized carbons (Fsp3) is 0.308. The average Bonchev–Trinajstić information content (AvgIpc) is 2.44. The fourth-order valence-electron chi connectivity index (χ4n) is 1.68. The average molecular weight is 331 g/mol. The molecule has 0 saturated carbocycles. The second kappa shape index (κ2) is 7.51. The van der Waals surface area contributed by atoms with Gasteiger partial charge >= 0.3 is 11.9 Å². The first-order chi connectivity index (χ1) is 10.3. The Kier molecular flexibility index (Phi) is 6.00. The first-order valence-electron chi connectivity index (χ1n) is 6.14. The lowest BCUT2D eigenvalue weighted by molar-refractivity contribution is -0.140. The minimum Gasteiger partial charge on any atom is -0.496 e. The number of ether oxygens (including phenoxy) is 1. The van der Waals surface area contributed by atoms with Crippen LogP contribution >= 0.6 is 11.6 Å². The number of methoxy groups -OCH3 is 1. The molecular formula is C13H15ClN2O6. The van der Waals surface area contributed by atoms with Crippen molar-refractivity contribution in [1.82, 2.24) is 5.32 Å². The van der Waals surface area contributed by atoms with E-state index in [1.807, 2.05) is 0 Å². The summed E-state index contributed by atoms with van der Waals surface area (Å²) in [6, 6.07) is 1.25. The molecule has 22 heavy (non-hydrogen) atoms. The Balaban J connectivity index is 2.97. The van der Waals surface area contributed by atoms with Crippen molar-refractivity contribution in [2.45, 2.75) is 18.9 Å². The standard InChI is InChI=1S/C13H15ClN2O6/c1-22-10-5-8(15)7(14)4-6(10)12(19)16-9(13(20)21)2-3-11(17)18/h4-5,9H,2-3,15H2,1H3,(H,16,19)(H,17,18)(H,20,21). The lowest BCUT2D eigenvalue weighted by atomic mass is 10.1. The Hall–Kier alpha value is -2.48. The second-order valence-corrected chi connectivity index (χ2v) is 4.78. The molecular weight excluding hydrogens is 316 g/mol. The van der Waals surface area contributed by atoms with Crippen molar-refractivity contribution in [3.63, 3.8) is 0 Å². The van der Waals surface area contributed by atoms with Gasteiger partial charge in [0.15, 0.2) is 0 Å². The topological polar surface area (TPSA) is 139 Å². The maximum atomic E-state index is 12.1. The van der Waals surface area contributed by atoms with Crippen molar-refractivity contribution in [1.29, 1.82) is 0 Å². The maximum Gasteiger partial charge on any atom is 0.326 e. The number of benzene rings is 1. The van der Waals surface area contributed by atoms with Crippen LogP contribution in [0.15, 0.2) is 12.1 Å². The van der Waals surface area contributed by atoms with E-state index in [2.05, 4.69) is 5.32 Å². The monoisotopic (exact) mass is 330 g/mol. The van der Waals surface area contributed by atoms with Gasteiger partial charge < -0.3 is 26.0 Å². The number of hydrogen-bond acceptors (Lipinski definition) is 5. The summed E-state index contributed by atoms with van der Waals surface area (Å²) in [4.78, 5) is 33.7. The largest absolute Gasteiger partial charge is 0.496 e. The number of hydrogen-bond donors (Lipinski definition) is 4. The molecule has 0 spiro atoms. The Morgan fingerprint density at radius 1 is 1.36 bits per heavy atom. The number of halogens is 1. The molecule has 9 heteroatoms. The van der Waals surface area contributed by atoms with Crippen LogP contribution in [0.25, 0.3) is 0 Å². The highest BCUT2D eigenvalue weighted by atomic mass is 35.5. The van der Waals surface area contributed by atoms with Crippen LogP contribution in [0.3, 0.4) is 0 Å². The van der Waals surface area contributed by atoms with Crippen LogP contribution in [0, 0.1) is 0 Å². The third kappa shape index (κ3) is 4.52. The summed E-state index contributed by atoms with van der Waals surface area (Å²) in [7, 11) is 1.32. The first-order valence-corrected chi connectivity index (χ1v) is 6.52. The minimum absolute atomic E-state index is 0.00303. The number of rotatable bonds is 7. The molecule has 0 fully saturated rings. The predicted octanol–water partition coefficient (Wildman–Crippen LogP) is 0.979. The van der Waals surface area contributed by atoms with Crippen LogP contribution in [-0.2, 0) is 9.59 Å². The van der Waals surface area contributed by atoms with Crippen molar-refractivity contribution < 1.29 is 29.3 Å².